The fourth-order valence-corrected chi connectivity index (χ4v) is 3.94. The van der Waals surface area contributed by atoms with Crippen molar-refractivity contribution in [3.8, 4) is 11.3 Å². The molecule has 2 aliphatic rings. The van der Waals surface area contributed by atoms with Gasteiger partial charge in [-0.25, -0.2) is 4.98 Å². The lowest BCUT2D eigenvalue weighted by molar-refractivity contribution is -0.0747. The highest BCUT2D eigenvalue weighted by atomic mass is 16.5. The summed E-state index contributed by atoms with van der Waals surface area (Å²) in [6.45, 7) is 3.46. The number of hydrogen-bond donors (Lipinski definition) is 1. The minimum atomic E-state index is -0.800. The molecule has 1 aromatic carbocycles. The number of nitrogens with zero attached hydrogens (tertiary/aromatic N) is 2. The van der Waals surface area contributed by atoms with Crippen LogP contribution in [0.2, 0.25) is 0 Å². The van der Waals surface area contributed by atoms with E-state index in [1.54, 1.807) is 0 Å². The van der Waals surface area contributed by atoms with Crippen LogP contribution < -0.4 is 0 Å². The van der Waals surface area contributed by atoms with Crippen LogP contribution in [0.4, 0.5) is 0 Å². The molecule has 4 rings (SSSR count). The van der Waals surface area contributed by atoms with Crippen molar-refractivity contribution in [2.24, 2.45) is 5.92 Å². The van der Waals surface area contributed by atoms with Gasteiger partial charge in [-0.3, -0.25) is 0 Å². The van der Waals surface area contributed by atoms with Gasteiger partial charge in [0.2, 0.25) is 0 Å². The number of rotatable bonds is 2. The molecular weight excluding hydrogens is 264 g/mol. The Morgan fingerprint density at radius 2 is 2.05 bits per heavy atom. The Morgan fingerprint density at radius 3 is 2.86 bits per heavy atom. The first-order valence-electron chi connectivity index (χ1n) is 7.61. The molecule has 4 nitrogen and oxygen atoms in total. The Hall–Kier alpha value is -1.65. The Balaban J connectivity index is 1.81. The predicted octanol–water partition coefficient (Wildman–Crippen LogP) is 2.63. The number of fused-ring (bicyclic) bond motifs is 3. The van der Waals surface area contributed by atoms with Crippen molar-refractivity contribution in [3.05, 3.63) is 42.4 Å². The zero-order chi connectivity index (χ0) is 14.4. The van der Waals surface area contributed by atoms with Crippen molar-refractivity contribution >= 4 is 0 Å². The van der Waals surface area contributed by atoms with E-state index in [0.717, 1.165) is 31.7 Å². The van der Waals surface area contributed by atoms with Gasteiger partial charge in [0.05, 0.1) is 29.9 Å². The Morgan fingerprint density at radius 1 is 1.29 bits per heavy atom. The summed E-state index contributed by atoms with van der Waals surface area (Å²) in [6.07, 6.45) is 5.55. The van der Waals surface area contributed by atoms with Crippen LogP contribution in [0.1, 0.15) is 31.4 Å². The quantitative estimate of drug-likeness (QED) is 0.922. The highest BCUT2D eigenvalue weighted by Crippen LogP contribution is 2.48. The number of aromatic nitrogens is 2. The molecule has 0 bridgehead atoms. The van der Waals surface area contributed by atoms with Gasteiger partial charge in [0.25, 0.3) is 0 Å². The normalized spacial score (nSPS) is 24.4. The standard InChI is InChI=1S/C17H20N2O2/c1-17(20,12-6-8-21-9-7-12)16-14-5-3-2-4-13(14)15-10-18-11-19(15)16/h2-5,10-12,16,20H,6-9H2,1H3/t16-,17?/m0/s1. The van der Waals surface area contributed by atoms with Crippen LogP contribution in [-0.2, 0) is 4.74 Å². The van der Waals surface area contributed by atoms with E-state index in [1.165, 1.54) is 11.1 Å². The van der Waals surface area contributed by atoms with Gasteiger partial charge in [0, 0.05) is 18.8 Å². The molecule has 1 aromatic heterocycles. The molecule has 4 heteroatoms. The van der Waals surface area contributed by atoms with Gasteiger partial charge >= 0.3 is 0 Å². The van der Waals surface area contributed by atoms with Crippen molar-refractivity contribution in [1.29, 1.82) is 0 Å². The molecule has 2 aromatic rings. The summed E-state index contributed by atoms with van der Waals surface area (Å²) in [7, 11) is 0. The summed E-state index contributed by atoms with van der Waals surface area (Å²) in [5.74, 6) is 0.248. The molecule has 1 fully saturated rings. The van der Waals surface area contributed by atoms with Crippen LogP contribution in [0.5, 0.6) is 0 Å². The number of ether oxygens (including phenoxy) is 1. The van der Waals surface area contributed by atoms with Gasteiger partial charge in [-0.15, -0.1) is 0 Å². The van der Waals surface area contributed by atoms with Gasteiger partial charge in [-0.05, 0) is 31.2 Å². The van der Waals surface area contributed by atoms with Crippen LogP contribution in [0.3, 0.4) is 0 Å². The van der Waals surface area contributed by atoms with Gasteiger partial charge in [-0.2, -0.15) is 0 Å². The van der Waals surface area contributed by atoms with Crippen LogP contribution in [0.15, 0.2) is 36.8 Å². The lowest BCUT2D eigenvalue weighted by Crippen LogP contribution is -2.45. The number of hydrogen-bond acceptors (Lipinski definition) is 3. The molecule has 110 valence electrons. The van der Waals surface area contributed by atoms with E-state index >= 15 is 0 Å². The number of aliphatic hydroxyl groups is 1. The summed E-state index contributed by atoms with van der Waals surface area (Å²) in [5, 5.41) is 11.3. The number of imidazole rings is 1. The SMILES string of the molecule is CC(O)(C1CCOCC1)[C@@H]1c2ccccc2-c2cncn21. The Kier molecular flexibility index (Phi) is 2.91. The molecule has 1 N–H and O–H groups in total. The van der Waals surface area contributed by atoms with Gasteiger partial charge in [0.15, 0.2) is 0 Å². The highest BCUT2D eigenvalue weighted by Gasteiger charge is 2.46. The smallest absolute Gasteiger partial charge is 0.0957 e. The third-order valence-corrected chi connectivity index (χ3v) is 5.08. The molecule has 0 radical (unpaired) electrons. The van der Waals surface area contributed by atoms with Crippen LogP contribution >= 0.6 is 0 Å². The third-order valence-electron chi connectivity index (χ3n) is 5.08. The summed E-state index contributed by atoms with van der Waals surface area (Å²) in [6, 6.07) is 8.27. The van der Waals surface area contributed by atoms with E-state index in [4.69, 9.17) is 4.74 Å². The molecular formula is C17H20N2O2. The van der Waals surface area contributed by atoms with E-state index < -0.39 is 5.60 Å². The second-order valence-corrected chi connectivity index (χ2v) is 6.29. The van der Waals surface area contributed by atoms with E-state index in [9.17, 15) is 5.11 Å². The summed E-state index contributed by atoms with van der Waals surface area (Å²) in [5.41, 5.74) is 2.69. The molecule has 0 spiro atoms. The molecule has 0 amide bonds. The van der Waals surface area contributed by atoms with Gasteiger partial charge < -0.3 is 14.4 Å². The van der Waals surface area contributed by atoms with Crippen molar-refractivity contribution < 1.29 is 9.84 Å². The molecule has 1 saturated heterocycles. The van der Waals surface area contributed by atoms with Crippen LogP contribution in [0, 0.1) is 5.92 Å². The van der Waals surface area contributed by atoms with Crippen LogP contribution in [0.25, 0.3) is 11.3 Å². The largest absolute Gasteiger partial charge is 0.387 e. The Labute approximate surface area is 124 Å². The van der Waals surface area contributed by atoms with Crippen molar-refractivity contribution in [2.45, 2.75) is 31.4 Å². The van der Waals surface area contributed by atoms with Crippen LogP contribution in [-0.4, -0.2) is 33.5 Å². The monoisotopic (exact) mass is 284 g/mol. The molecule has 0 saturated carbocycles. The van der Waals surface area contributed by atoms with Crippen molar-refractivity contribution in [1.82, 2.24) is 9.55 Å². The lowest BCUT2D eigenvalue weighted by atomic mass is 9.76. The zero-order valence-corrected chi connectivity index (χ0v) is 12.2. The highest BCUT2D eigenvalue weighted by molar-refractivity contribution is 5.69. The molecule has 21 heavy (non-hydrogen) atoms. The maximum atomic E-state index is 11.3. The van der Waals surface area contributed by atoms with Crippen molar-refractivity contribution in [3.63, 3.8) is 0 Å². The van der Waals surface area contributed by atoms with E-state index in [0.29, 0.717) is 0 Å². The van der Waals surface area contributed by atoms with Gasteiger partial charge in [0.1, 0.15) is 0 Å². The average Bonchev–Trinajstić information content (AvgIpc) is 3.08. The summed E-state index contributed by atoms with van der Waals surface area (Å²) in [4.78, 5) is 4.28. The van der Waals surface area contributed by atoms with E-state index in [-0.39, 0.29) is 12.0 Å². The molecule has 0 aliphatic carbocycles. The molecule has 2 atom stereocenters. The second-order valence-electron chi connectivity index (χ2n) is 6.29. The first kappa shape index (κ1) is 13.0. The minimum Gasteiger partial charge on any atom is -0.387 e. The van der Waals surface area contributed by atoms with E-state index in [1.807, 2.05) is 31.6 Å². The van der Waals surface area contributed by atoms with E-state index in [2.05, 4.69) is 21.7 Å². The second kappa shape index (κ2) is 4.68. The number of benzene rings is 1. The van der Waals surface area contributed by atoms with Gasteiger partial charge in [-0.1, -0.05) is 24.3 Å². The first-order valence-corrected chi connectivity index (χ1v) is 7.61. The minimum absolute atomic E-state index is 0.0608. The Bertz CT molecular complexity index is 656. The maximum Gasteiger partial charge on any atom is 0.0957 e. The molecule has 3 heterocycles. The first-order chi connectivity index (χ1) is 10.2. The fourth-order valence-electron chi connectivity index (χ4n) is 3.94. The molecule has 2 aliphatic heterocycles. The summed E-state index contributed by atoms with van der Waals surface area (Å²) >= 11 is 0. The topological polar surface area (TPSA) is 47.3 Å². The lowest BCUT2D eigenvalue weighted by Gasteiger charge is -2.40. The molecule has 1 unspecified atom stereocenters. The maximum absolute atomic E-state index is 11.3. The predicted molar refractivity (Wildman–Crippen MR) is 80.0 cm³/mol. The summed E-state index contributed by atoms with van der Waals surface area (Å²) < 4.78 is 7.58. The third kappa shape index (κ3) is 1.86. The fraction of sp³-hybridized carbons (Fsp3) is 0.471. The zero-order valence-electron chi connectivity index (χ0n) is 12.2. The van der Waals surface area contributed by atoms with Crippen molar-refractivity contribution in [2.75, 3.05) is 13.2 Å². The average molecular weight is 284 g/mol.